The molecule has 0 spiro atoms. The van der Waals surface area contributed by atoms with Crippen LogP contribution in [-0.2, 0) is 16.6 Å². The highest BCUT2D eigenvalue weighted by molar-refractivity contribution is 7.89. The Kier molecular flexibility index (Phi) is 7.40. The summed E-state index contributed by atoms with van der Waals surface area (Å²) in [6, 6.07) is 15.1. The summed E-state index contributed by atoms with van der Waals surface area (Å²) < 4.78 is 27.2. The van der Waals surface area contributed by atoms with Crippen molar-refractivity contribution in [3.05, 3.63) is 82.0 Å². The molecule has 162 valence electrons. The molecule has 0 aliphatic carbocycles. The Bertz CT molecular complexity index is 1130. The molecule has 0 saturated heterocycles. The molecule has 31 heavy (non-hydrogen) atoms. The van der Waals surface area contributed by atoms with Crippen LogP contribution in [0.2, 0.25) is 0 Å². The molecule has 0 fully saturated rings. The third-order valence-corrected chi connectivity index (χ3v) is 6.56. The minimum absolute atomic E-state index is 0.0703. The van der Waals surface area contributed by atoms with Crippen LogP contribution in [0.5, 0.6) is 5.75 Å². The summed E-state index contributed by atoms with van der Waals surface area (Å²) in [5, 5.41) is 16.4. The molecule has 0 aliphatic rings. The molecule has 0 radical (unpaired) electrons. The molecule has 3 rings (SSSR count). The maximum atomic E-state index is 12.4. The van der Waals surface area contributed by atoms with Crippen LogP contribution in [0.4, 0.5) is 0 Å². The summed E-state index contributed by atoms with van der Waals surface area (Å²) in [5.74, 6) is -0.630. The number of aromatic hydroxyl groups is 1. The summed E-state index contributed by atoms with van der Waals surface area (Å²) >= 11 is 1.46. The summed E-state index contributed by atoms with van der Waals surface area (Å²) in [4.78, 5) is 25.2. The highest BCUT2D eigenvalue weighted by Gasteiger charge is 2.15. The molecular weight excluding hydrogens is 438 g/mol. The van der Waals surface area contributed by atoms with Crippen LogP contribution in [0.1, 0.15) is 25.6 Å². The Morgan fingerprint density at radius 2 is 1.39 bits per heavy atom. The number of benzene rings is 2. The lowest BCUT2D eigenvalue weighted by Gasteiger charge is -2.09. The normalized spacial score (nSPS) is 11.1. The zero-order valence-corrected chi connectivity index (χ0v) is 18.0. The SMILES string of the molecule is O=C(NCCNC(=O)c1ccc(S(=O)(=O)NCc2cccs2)cc1)c1ccc(O)cc1. The molecule has 2 amide bonds. The first-order valence-electron chi connectivity index (χ1n) is 9.33. The number of rotatable bonds is 9. The lowest BCUT2D eigenvalue weighted by molar-refractivity contribution is 0.0927. The average molecular weight is 460 g/mol. The van der Waals surface area contributed by atoms with Crippen molar-refractivity contribution in [2.45, 2.75) is 11.4 Å². The summed E-state index contributed by atoms with van der Waals surface area (Å²) in [5.41, 5.74) is 0.704. The van der Waals surface area contributed by atoms with E-state index in [2.05, 4.69) is 15.4 Å². The van der Waals surface area contributed by atoms with Gasteiger partial charge in [0, 0.05) is 35.6 Å². The van der Waals surface area contributed by atoms with Gasteiger partial charge in [-0.25, -0.2) is 13.1 Å². The van der Waals surface area contributed by atoms with E-state index < -0.39 is 10.0 Å². The van der Waals surface area contributed by atoms with Crippen molar-refractivity contribution in [3.63, 3.8) is 0 Å². The van der Waals surface area contributed by atoms with Gasteiger partial charge in [-0.3, -0.25) is 9.59 Å². The highest BCUT2D eigenvalue weighted by Crippen LogP contribution is 2.13. The van der Waals surface area contributed by atoms with Crippen LogP contribution in [0.3, 0.4) is 0 Å². The lowest BCUT2D eigenvalue weighted by atomic mass is 10.2. The van der Waals surface area contributed by atoms with Crippen LogP contribution < -0.4 is 15.4 Å². The van der Waals surface area contributed by atoms with E-state index in [-0.39, 0.29) is 42.1 Å². The van der Waals surface area contributed by atoms with Crippen LogP contribution in [0.15, 0.2) is 70.9 Å². The van der Waals surface area contributed by atoms with Crippen molar-refractivity contribution in [1.82, 2.24) is 15.4 Å². The standard InChI is InChI=1S/C21H21N3O5S2/c25-17-7-3-15(4-8-17)20(26)22-11-12-23-21(27)16-5-9-19(10-6-16)31(28,29)24-14-18-2-1-13-30-18/h1-10,13,24-25H,11-12,14H2,(H,22,26)(H,23,27). The van der Waals surface area contributed by atoms with Crippen LogP contribution in [-0.4, -0.2) is 38.4 Å². The molecule has 3 aromatic rings. The molecule has 1 aromatic heterocycles. The molecular formula is C21H21N3O5S2. The maximum absolute atomic E-state index is 12.4. The molecule has 0 unspecified atom stereocenters. The number of carbonyl (C=O) groups is 2. The number of nitrogens with one attached hydrogen (secondary N) is 3. The van der Waals surface area contributed by atoms with Crippen LogP contribution >= 0.6 is 11.3 Å². The zero-order chi connectivity index (χ0) is 22.3. The molecule has 0 saturated carbocycles. The predicted molar refractivity (Wildman–Crippen MR) is 118 cm³/mol. The topological polar surface area (TPSA) is 125 Å². The molecule has 1 heterocycles. The van der Waals surface area contributed by atoms with Gasteiger partial charge in [0.25, 0.3) is 11.8 Å². The largest absolute Gasteiger partial charge is 0.508 e. The fraction of sp³-hybridized carbons (Fsp3) is 0.143. The average Bonchev–Trinajstić information content (AvgIpc) is 3.29. The Labute approximate surface area is 184 Å². The Balaban J connectivity index is 1.46. The maximum Gasteiger partial charge on any atom is 0.251 e. The van der Waals surface area contributed by atoms with Crippen molar-refractivity contribution >= 4 is 33.2 Å². The fourth-order valence-corrected chi connectivity index (χ4v) is 4.36. The number of hydrogen-bond acceptors (Lipinski definition) is 6. The number of sulfonamides is 1. The van der Waals surface area contributed by atoms with Crippen molar-refractivity contribution < 1.29 is 23.1 Å². The summed E-state index contributed by atoms with van der Waals surface area (Å²) in [6.45, 7) is 0.619. The monoisotopic (exact) mass is 459 g/mol. The lowest BCUT2D eigenvalue weighted by Crippen LogP contribution is -2.34. The first-order valence-corrected chi connectivity index (χ1v) is 11.7. The van der Waals surface area contributed by atoms with E-state index in [1.807, 2.05) is 17.5 Å². The second-order valence-electron chi connectivity index (χ2n) is 6.49. The van der Waals surface area contributed by atoms with Gasteiger partial charge in [-0.2, -0.15) is 0 Å². The summed E-state index contributed by atoms with van der Waals surface area (Å²) in [7, 11) is -3.68. The first-order chi connectivity index (χ1) is 14.8. The molecule has 0 bridgehead atoms. The zero-order valence-electron chi connectivity index (χ0n) is 16.4. The number of carbonyl (C=O) groups excluding carboxylic acids is 2. The second kappa shape index (κ2) is 10.2. The van der Waals surface area contributed by atoms with Crippen LogP contribution in [0, 0.1) is 0 Å². The van der Waals surface area contributed by atoms with Gasteiger partial charge in [-0.1, -0.05) is 6.07 Å². The number of hydrogen-bond donors (Lipinski definition) is 4. The Hall–Kier alpha value is -3.21. The molecule has 10 heteroatoms. The molecule has 2 aromatic carbocycles. The van der Waals surface area contributed by atoms with E-state index in [1.165, 1.54) is 59.9 Å². The van der Waals surface area contributed by atoms with Gasteiger partial charge in [0.2, 0.25) is 10.0 Å². The van der Waals surface area contributed by atoms with Crippen LogP contribution in [0.25, 0.3) is 0 Å². The number of phenolic OH excluding ortho intramolecular Hbond substituents is 1. The quantitative estimate of drug-likeness (QED) is 0.365. The van der Waals surface area contributed by atoms with Crippen molar-refractivity contribution in [3.8, 4) is 5.75 Å². The molecule has 0 atom stereocenters. The van der Waals surface area contributed by atoms with Gasteiger partial charge in [0.1, 0.15) is 5.75 Å². The minimum Gasteiger partial charge on any atom is -0.508 e. The van der Waals surface area contributed by atoms with E-state index in [0.717, 1.165) is 4.88 Å². The van der Waals surface area contributed by atoms with E-state index in [9.17, 15) is 23.1 Å². The van der Waals surface area contributed by atoms with Gasteiger partial charge < -0.3 is 15.7 Å². The Morgan fingerprint density at radius 3 is 1.90 bits per heavy atom. The predicted octanol–water partition coefficient (Wildman–Crippen LogP) is 2.09. The summed E-state index contributed by atoms with van der Waals surface area (Å²) in [6.07, 6.45) is 0. The minimum atomic E-state index is -3.68. The fourth-order valence-electron chi connectivity index (χ4n) is 2.62. The van der Waals surface area contributed by atoms with Gasteiger partial charge in [0.05, 0.1) is 4.90 Å². The molecule has 8 nitrogen and oxygen atoms in total. The number of phenols is 1. The van der Waals surface area contributed by atoms with Gasteiger partial charge in [0.15, 0.2) is 0 Å². The smallest absolute Gasteiger partial charge is 0.251 e. The molecule has 4 N–H and O–H groups in total. The third-order valence-electron chi connectivity index (χ3n) is 4.27. The molecule has 0 aliphatic heterocycles. The third kappa shape index (κ3) is 6.38. The van der Waals surface area contributed by atoms with E-state index >= 15 is 0 Å². The van der Waals surface area contributed by atoms with Crippen molar-refractivity contribution in [1.29, 1.82) is 0 Å². The van der Waals surface area contributed by atoms with E-state index in [4.69, 9.17) is 0 Å². The Morgan fingerprint density at radius 1 is 0.839 bits per heavy atom. The van der Waals surface area contributed by atoms with Gasteiger partial charge >= 0.3 is 0 Å². The van der Waals surface area contributed by atoms with Gasteiger partial charge in [-0.15, -0.1) is 11.3 Å². The van der Waals surface area contributed by atoms with Gasteiger partial charge in [-0.05, 0) is 60.0 Å². The van der Waals surface area contributed by atoms with E-state index in [0.29, 0.717) is 11.1 Å². The van der Waals surface area contributed by atoms with Crippen molar-refractivity contribution in [2.24, 2.45) is 0 Å². The number of thiophene rings is 1. The first kappa shape index (κ1) is 22.5. The van der Waals surface area contributed by atoms with Crippen molar-refractivity contribution in [2.75, 3.05) is 13.1 Å². The number of amides is 2. The highest BCUT2D eigenvalue weighted by atomic mass is 32.2. The second-order valence-corrected chi connectivity index (χ2v) is 9.29. The van der Waals surface area contributed by atoms with E-state index in [1.54, 1.807) is 0 Å².